The number of nitrogens with one attached hydrogen (secondary N) is 2. The first-order valence-electron chi connectivity index (χ1n) is 27.0. The Kier molecular flexibility index (Phi) is 20.2. The molecule has 0 saturated carbocycles. The van der Waals surface area contributed by atoms with Gasteiger partial charge in [0.25, 0.3) is 5.91 Å². The normalized spacial score (nSPS) is 13.5. The molecule has 84 heavy (non-hydrogen) atoms. The van der Waals surface area contributed by atoms with Crippen LogP contribution in [-0.4, -0.2) is 147 Å². The second-order valence-corrected chi connectivity index (χ2v) is 20.4. The van der Waals surface area contributed by atoms with E-state index in [4.69, 9.17) is 39.6 Å². The highest BCUT2D eigenvalue weighted by Gasteiger charge is 2.24. The Bertz CT molecular complexity index is 3640. The van der Waals surface area contributed by atoms with Gasteiger partial charge in [0.15, 0.2) is 45.9 Å². The van der Waals surface area contributed by atoms with Gasteiger partial charge in [-0.25, -0.2) is 39.5 Å². The molecular formula is C61H66N12O11. The number of pyridine rings is 2. The minimum absolute atomic E-state index is 0.00349. The van der Waals surface area contributed by atoms with Gasteiger partial charge >= 0.3 is 12.1 Å². The fourth-order valence-corrected chi connectivity index (χ4v) is 8.62. The van der Waals surface area contributed by atoms with Gasteiger partial charge in [-0.3, -0.25) is 14.4 Å². The zero-order valence-corrected chi connectivity index (χ0v) is 47.3. The van der Waals surface area contributed by atoms with Crippen LogP contribution in [0.25, 0.3) is 56.9 Å². The second-order valence-electron chi connectivity index (χ2n) is 20.4. The summed E-state index contributed by atoms with van der Waals surface area (Å²) in [6.45, 7) is 11.8. The number of rotatable bonds is 16. The molecule has 0 radical (unpaired) electrons. The summed E-state index contributed by atoms with van der Waals surface area (Å²) < 4.78 is 28.2. The monoisotopic (exact) mass is 1140 g/mol. The van der Waals surface area contributed by atoms with Gasteiger partial charge in [-0.2, -0.15) is 0 Å². The van der Waals surface area contributed by atoms with Crippen molar-refractivity contribution in [2.75, 3.05) is 78.0 Å². The Balaban J connectivity index is 0.000000182. The third-order valence-corrected chi connectivity index (χ3v) is 13.0. The van der Waals surface area contributed by atoms with E-state index in [2.05, 4.69) is 40.5 Å². The minimum atomic E-state index is -1.09. The summed E-state index contributed by atoms with van der Waals surface area (Å²) in [6.07, 6.45) is 16.5. The van der Waals surface area contributed by atoms with Crippen LogP contribution in [0.1, 0.15) is 77.0 Å². The van der Waals surface area contributed by atoms with Crippen molar-refractivity contribution in [1.82, 2.24) is 50.3 Å². The third-order valence-electron chi connectivity index (χ3n) is 13.0. The number of aryl methyl sites for hydroxylation is 2. The van der Waals surface area contributed by atoms with Gasteiger partial charge in [-0.1, -0.05) is 0 Å². The standard InChI is InChI=1S/C28H28N6O4.C24H20N4O5.C9H18N2O2/c1-37-24-14-20(27-32-16-21(17-33-27)28(36)34-10-8-30-9-11-34)12-19-13-23(38-26(19)24)6-5-22(35)4-2-18-3-7-25(29)31-15-18;1-32-20-10-16(23-27-12-17(13-28-23)24(30)31)8-15-9-19(33-22(15)20)6-5-18(29)4-2-14-3-7-21(25)26-11-14;1-9(2,3)13-8(12)11-6-4-10-5-7-11/h2-4,7,12-17,30H,5-6,8-11H2,1H3,(H2,29,31);2-4,7-13H,5-6H2,1H3,(H2,25,26)(H,30,31);10H,4-7H2,1-3H3/b2*4-2+;. The number of carbonyl (C=O) groups is 5. The number of carboxylic acids is 1. The third kappa shape index (κ3) is 16.9. The van der Waals surface area contributed by atoms with Gasteiger partial charge in [-0.15, -0.1) is 0 Å². The molecule has 0 aliphatic carbocycles. The number of hydrogen-bond acceptors (Lipinski definition) is 20. The highest BCUT2D eigenvalue weighted by molar-refractivity contribution is 5.96. The van der Waals surface area contributed by atoms with Crippen LogP contribution >= 0.6 is 0 Å². The second kappa shape index (κ2) is 28.2. The van der Waals surface area contributed by atoms with Crippen LogP contribution in [-0.2, 0) is 27.2 Å². The molecule has 0 bridgehead atoms. The molecule has 2 aliphatic rings. The van der Waals surface area contributed by atoms with E-state index in [-0.39, 0.29) is 41.2 Å². The van der Waals surface area contributed by atoms with Crippen LogP contribution in [0.4, 0.5) is 16.4 Å². The Labute approximate surface area is 484 Å². The maximum atomic E-state index is 12.7. The number of benzene rings is 2. The number of nitrogen functional groups attached to an aromatic ring is 2. The van der Waals surface area contributed by atoms with Gasteiger partial charge < -0.3 is 60.1 Å². The number of hydrogen-bond donors (Lipinski definition) is 5. The molecule has 8 aromatic rings. The number of methoxy groups -OCH3 is 2. The minimum Gasteiger partial charge on any atom is -0.493 e. The Morgan fingerprint density at radius 3 is 1.42 bits per heavy atom. The zero-order valence-electron chi connectivity index (χ0n) is 47.3. The number of furan rings is 2. The molecule has 2 amide bonds. The average molecular weight is 1140 g/mol. The van der Waals surface area contributed by atoms with Crippen molar-refractivity contribution in [3.63, 3.8) is 0 Å². The number of piperazine rings is 2. The SMILES string of the molecule is CC(C)(C)OC(=O)N1CCNCC1.COc1cc(-c2ncc(C(=O)N3CCNCC3)cn2)cc2cc(CCC(=O)/C=C/c3ccc(N)nc3)oc12.COc1cc(-c2ncc(C(=O)O)cn2)cc2cc(CCC(=O)/C=C/c3ccc(N)nc3)oc12. The van der Waals surface area contributed by atoms with E-state index in [0.717, 1.165) is 66.7 Å². The molecule has 10 rings (SSSR count). The quantitative estimate of drug-likeness (QED) is 0.0577. The lowest BCUT2D eigenvalue weighted by Gasteiger charge is -2.30. The van der Waals surface area contributed by atoms with Crippen LogP contribution in [0.5, 0.6) is 11.5 Å². The Hall–Kier alpha value is -9.87. The van der Waals surface area contributed by atoms with Gasteiger partial charge in [-0.05, 0) is 117 Å². The molecular weight excluding hydrogens is 1080 g/mol. The lowest BCUT2D eigenvalue weighted by Crippen LogP contribution is -2.48. The van der Waals surface area contributed by atoms with E-state index in [1.165, 1.54) is 31.7 Å². The molecule has 7 N–H and O–H groups in total. The molecule has 6 aromatic heterocycles. The number of aromatic nitrogens is 6. The van der Waals surface area contributed by atoms with Crippen LogP contribution in [0.3, 0.4) is 0 Å². The summed E-state index contributed by atoms with van der Waals surface area (Å²) in [5.74, 6) is 2.78. The van der Waals surface area contributed by atoms with Gasteiger partial charge in [0, 0.05) is 137 Å². The van der Waals surface area contributed by atoms with Crippen LogP contribution < -0.4 is 31.6 Å². The van der Waals surface area contributed by atoms with Gasteiger partial charge in [0.2, 0.25) is 0 Å². The van der Waals surface area contributed by atoms with Crippen molar-refractivity contribution in [3.05, 3.63) is 144 Å². The van der Waals surface area contributed by atoms with Crippen molar-refractivity contribution < 1.29 is 52.1 Å². The van der Waals surface area contributed by atoms with Crippen molar-refractivity contribution in [3.8, 4) is 34.3 Å². The highest BCUT2D eigenvalue weighted by atomic mass is 16.6. The average Bonchev–Trinajstić information content (AvgIpc) is 4.16. The Morgan fingerprint density at radius 1 is 0.595 bits per heavy atom. The number of anilines is 2. The maximum Gasteiger partial charge on any atom is 0.410 e. The van der Waals surface area contributed by atoms with Crippen molar-refractivity contribution >= 4 is 75.3 Å². The van der Waals surface area contributed by atoms with Crippen molar-refractivity contribution in [1.29, 1.82) is 0 Å². The number of fused-ring (bicyclic) bond motifs is 2. The van der Waals surface area contributed by atoms with Crippen LogP contribution in [0.2, 0.25) is 0 Å². The van der Waals surface area contributed by atoms with E-state index in [1.807, 2.05) is 45.0 Å². The molecule has 2 fully saturated rings. The summed E-state index contributed by atoms with van der Waals surface area (Å²) in [5.41, 5.74) is 15.3. The molecule has 2 aromatic carbocycles. The summed E-state index contributed by atoms with van der Waals surface area (Å²) in [6, 6.07) is 17.9. The van der Waals surface area contributed by atoms with Crippen LogP contribution in [0, 0.1) is 0 Å². The molecule has 8 heterocycles. The zero-order chi connectivity index (χ0) is 59.8. The van der Waals surface area contributed by atoms with Crippen molar-refractivity contribution in [2.24, 2.45) is 0 Å². The largest absolute Gasteiger partial charge is 0.493 e. The molecule has 23 nitrogen and oxygen atoms in total. The number of ether oxygens (including phenoxy) is 3. The smallest absolute Gasteiger partial charge is 0.410 e. The number of aromatic carboxylic acids is 1. The van der Waals surface area contributed by atoms with E-state index >= 15 is 0 Å². The molecule has 0 unspecified atom stereocenters. The van der Waals surface area contributed by atoms with E-state index in [0.29, 0.717) is 101 Å². The topological polar surface area (TPSA) is 319 Å². The number of ketones is 2. The van der Waals surface area contributed by atoms with E-state index in [1.54, 1.807) is 90.2 Å². The Morgan fingerprint density at radius 2 is 1.02 bits per heavy atom. The number of nitrogens with zero attached hydrogens (tertiary/aromatic N) is 8. The lowest BCUT2D eigenvalue weighted by atomic mass is 10.1. The summed E-state index contributed by atoms with van der Waals surface area (Å²) in [4.78, 5) is 88.5. The van der Waals surface area contributed by atoms with E-state index in [9.17, 15) is 24.0 Å². The van der Waals surface area contributed by atoms with Gasteiger partial charge in [0.1, 0.15) is 28.8 Å². The molecule has 23 heteroatoms. The molecule has 0 spiro atoms. The molecule has 436 valence electrons. The number of amides is 2. The number of carboxylic acid groups (broad SMARTS) is 1. The first-order valence-corrected chi connectivity index (χ1v) is 27.0. The lowest BCUT2D eigenvalue weighted by molar-refractivity contribution is -0.115. The number of nitrogens with two attached hydrogens (primary N) is 2. The summed E-state index contributed by atoms with van der Waals surface area (Å²) in [7, 11) is 3.09. The van der Waals surface area contributed by atoms with Crippen molar-refractivity contribution in [2.45, 2.75) is 52.1 Å². The van der Waals surface area contributed by atoms with Crippen LogP contribution in [0.15, 0.2) is 119 Å². The molecule has 2 aliphatic heterocycles. The summed E-state index contributed by atoms with van der Waals surface area (Å²) >= 11 is 0. The summed E-state index contributed by atoms with van der Waals surface area (Å²) in [5, 5.41) is 17.0. The number of allylic oxidation sites excluding steroid dienone is 2. The number of carbonyl (C=O) groups excluding carboxylic acids is 4. The molecule has 0 atom stereocenters. The van der Waals surface area contributed by atoms with E-state index < -0.39 is 5.97 Å². The molecule has 2 saturated heterocycles. The predicted molar refractivity (Wildman–Crippen MR) is 316 cm³/mol. The fourth-order valence-electron chi connectivity index (χ4n) is 8.62. The maximum absolute atomic E-state index is 12.7. The van der Waals surface area contributed by atoms with Gasteiger partial charge in [0.05, 0.1) is 25.3 Å². The highest BCUT2D eigenvalue weighted by Crippen LogP contribution is 2.35. The first kappa shape index (κ1) is 60.2. The predicted octanol–water partition coefficient (Wildman–Crippen LogP) is 7.75. The first-order chi connectivity index (χ1) is 40.4. The fraction of sp³-hybridized carbons (Fsp3) is 0.295.